The van der Waals surface area contributed by atoms with Crippen molar-refractivity contribution in [3.8, 4) is 0 Å². The highest BCUT2D eigenvalue weighted by molar-refractivity contribution is 5.94. The lowest BCUT2D eigenvalue weighted by atomic mass is 10.3. The third-order valence-electron chi connectivity index (χ3n) is 2.04. The van der Waals surface area contributed by atoms with Crippen LogP contribution in [-0.2, 0) is 9.59 Å². The van der Waals surface area contributed by atoms with Crippen molar-refractivity contribution in [3.05, 3.63) is 24.2 Å². The van der Waals surface area contributed by atoms with Gasteiger partial charge in [-0.05, 0) is 18.6 Å². The van der Waals surface area contributed by atoms with E-state index in [4.69, 9.17) is 9.52 Å². The Morgan fingerprint density at radius 1 is 1.28 bits per heavy atom. The number of carbonyl (C=O) groups is 3. The topological polar surface area (TPSA) is 109 Å². The van der Waals surface area contributed by atoms with E-state index in [1.165, 1.54) is 12.3 Å². The maximum absolute atomic E-state index is 11.4. The summed E-state index contributed by atoms with van der Waals surface area (Å²) >= 11 is 0. The van der Waals surface area contributed by atoms with E-state index in [9.17, 15) is 14.4 Å². The van der Waals surface area contributed by atoms with Crippen LogP contribution in [-0.4, -0.2) is 36.0 Å². The Bertz CT molecular complexity index is 413. The zero-order chi connectivity index (χ0) is 13.4. The lowest BCUT2D eigenvalue weighted by Crippen LogP contribution is -2.37. The Morgan fingerprint density at radius 2 is 2.06 bits per heavy atom. The molecular weight excluding hydrogens is 240 g/mol. The van der Waals surface area contributed by atoms with E-state index in [2.05, 4.69) is 10.6 Å². The van der Waals surface area contributed by atoms with E-state index in [-0.39, 0.29) is 31.2 Å². The number of carboxylic acids is 1. The van der Waals surface area contributed by atoms with Crippen molar-refractivity contribution in [2.45, 2.75) is 12.8 Å². The number of hydrogen-bond acceptors (Lipinski definition) is 4. The van der Waals surface area contributed by atoms with Gasteiger partial charge in [0.2, 0.25) is 5.91 Å². The minimum absolute atomic E-state index is 0.000958. The average Bonchev–Trinajstić information content (AvgIpc) is 2.85. The van der Waals surface area contributed by atoms with E-state index in [1.54, 1.807) is 6.07 Å². The molecule has 0 radical (unpaired) electrons. The van der Waals surface area contributed by atoms with Gasteiger partial charge in [-0.25, -0.2) is 0 Å². The smallest absolute Gasteiger partial charge is 0.303 e. The van der Waals surface area contributed by atoms with Crippen molar-refractivity contribution >= 4 is 17.8 Å². The largest absolute Gasteiger partial charge is 0.481 e. The number of aliphatic carboxylic acids is 1. The second-order valence-electron chi connectivity index (χ2n) is 3.51. The van der Waals surface area contributed by atoms with Crippen molar-refractivity contribution in [1.29, 1.82) is 0 Å². The first-order valence-electron chi connectivity index (χ1n) is 5.40. The van der Waals surface area contributed by atoms with Crippen molar-refractivity contribution in [2.24, 2.45) is 0 Å². The van der Waals surface area contributed by atoms with Crippen LogP contribution in [0.3, 0.4) is 0 Å². The zero-order valence-electron chi connectivity index (χ0n) is 9.64. The highest BCUT2D eigenvalue weighted by Gasteiger charge is 2.09. The Hall–Kier alpha value is -2.31. The van der Waals surface area contributed by atoms with E-state index >= 15 is 0 Å². The molecule has 0 bridgehead atoms. The summed E-state index contributed by atoms with van der Waals surface area (Å²) in [6, 6.07) is 3.06. The molecule has 0 aliphatic heterocycles. The number of carbonyl (C=O) groups excluding carboxylic acids is 2. The number of hydrogen-bond donors (Lipinski definition) is 3. The van der Waals surface area contributed by atoms with Gasteiger partial charge < -0.3 is 20.2 Å². The molecule has 7 heteroatoms. The summed E-state index contributed by atoms with van der Waals surface area (Å²) in [6.45, 7) is 0.0916. The SMILES string of the molecule is O=C(O)CCCNC(=O)CNC(=O)c1ccco1. The fraction of sp³-hybridized carbons (Fsp3) is 0.364. The van der Waals surface area contributed by atoms with Gasteiger partial charge in [0.15, 0.2) is 5.76 Å². The number of amides is 2. The third kappa shape index (κ3) is 5.15. The Morgan fingerprint density at radius 3 is 2.67 bits per heavy atom. The highest BCUT2D eigenvalue weighted by Crippen LogP contribution is 1.98. The second-order valence-corrected chi connectivity index (χ2v) is 3.51. The van der Waals surface area contributed by atoms with Crippen molar-refractivity contribution in [3.63, 3.8) is 0 Å². The molecule has 1 aromatic rings. The molecule has 0 spiro atoms. The fourth-order valence-electron chi connectivity index (χ4n) is 1.19. The average molecular weight is 254 g/mol. The van der Waals surface area contributed by atoms with Crippen LogP contribution in [0, 0.1) is 0 Å². The molecule has 0 aliphatic carbocycles. The number of furan rings is 1. The van der Waals surface area contributed by atoms with E-state index in [1.807, 2.05) is 0 Å². The van der Waals surface area contributed by atoms with Crippen molar-refractivity contribution in [2.75, 3.05) is 13.1 Å². The van der Waals surface area contributed by atoms with Gasteiger partial charge in [-0.2, -0.15) is 0 Å². The summed E-state index contributed by atoms with van der Waals surface area (Å²) in [6.07, 6.45) is 1.72. The molecule has 98 valence electrons. The van der Waals surface area contributed by atoms with Gasteiger partial charge in [0.05, 0.1) is 12.8 Å². The lowest BCUT2D eigenvalue weighted by Gasteiger charge is -2.04. The quantitative estimate of drug-likeness (QED) is 0.593. The van der Waals surface area contributed by atoms with Gasteiger partial charge in [0, 0.05) is 13.0 Å². The molecule has 0 unspecified atom stereocenters. The maximum atomic E-state index is 11.4. The Balaban J connectivity index is 2.13. The molecule has 0 fully saturated rings. The predicted molar refractivity (Wildman–Crippen MR) is 60.9 cm³/mol. The van der Waals surface area contributed by atoms with Crippen molar-refractivity contribution < 1.29 is 23.9 Å². The van der Waals surface area contributed by atoms with Crippen LogP contribution in [0.15, 0.2) is 22.8 Å². The lowest BCUT2D eigenvalue weighted by molar-refractivity contribution is -0.137. The van der Waals surface area contributed by atoms with Gasteiger partial charge in [-0.1, -0.05) is 0 Å². The molecule has 2 amide bonds. The third-order valence-corrected chi connectivity index (χ3v) is 2.04. The number of carboxylic acid groups (broad SMARTS) is 1. The molecule has 1 heterocycles. The molecule has 18 heavy (non-hydrogen) atoms. The van der Waals surface area contributed by atoms with Gasteiger partial charge in [-0.15, -0.1) is 0 Å². The standard InChI is InChI=1S/C11H14N2O5/c14-9(12-5-1-4-10(15)16)7-13-11(17)8-3-2-6-18-8/h2-3,6H,1,4-5,7H2,(H,12,14)(H,13,17)(H,15,16). The molecule has 7 nitrogen and oxygen atoms in total. The number of rotatable bonds is 7. The monoisotopic (exact) mass is 254 g/mol. The second kappa shape index (κ2) is 7.10. The minimum atomic E-state index is -0.907. The molecule has 3 N–H and O–H groups in total. The first kappa shape index (κ1) is 13.8. The van der Waals surface area contributed by atoms with E-state index < -0.39 is 11.9 Å². The zero-order valence-corrected chi connectivity index (χ0v) is 9.64. The molecule has 1 aromatic heterocycles. The van der Waals surface area contributed by atoms with E-state index in [0.29, 0.717) is 6.42 Å². The first-order valence-corrected chi connectivity index (χ1v) is 5.40. The Labute approximate surface area is 103 Å². The summed E-state index contributed by atoms with van der Waals surface area (Å²) in [5.41, 5.74) is 0. The van der Waals surface area contributed by atoms with Crippen LogP contribution in [0.2, 0.25) is 0 Å². The van der Waals surface area contributed by atoms with Crippen LogP contribution < -0.4 is 10.6 Å². The van der Waals surface area contributed by atoms with Gasteiger partial charge in [0.25, 0.3) is 5.91 Å². The summed E-state index contributed by atoms with van der Waals surface area (Å²) < 4.78 is 4.84. The van der Waals surface area contributed by atoms with Crippen LogP contribution >= 0.6 is 0 Å². The summed E-state index contributed by atoms with van der Waals surface area (Å²) in [5.74, 6) is -1.62. The molecular formula is C11H14N2O5. The van der Waals surface area contributed by atoms with E-state index in [0.717, 1.165) is 0 Å². The minimum Gasteiger partial charge on any atom is -0.481 e. The normalized spacial score (nSPS) is 9.78. The highest BCUT2D eigenvalue weighted by atomic mass is 16.4. The van der Waals surface area contributed by atoms with Crippen LogP contribution in [0.25, 0.3) is 0 Å². The van der Waals surface area contributed by atoms with Gasteiger partial charge in [-0.3, -0.25) is 14.4 Å². The predicted octanol–water partition coefficient (Wildman–Crippen LogP) is -0.00960. The first-order chi connectivity index (χ1) is 8.59. The summed E-state index contributed by atoms with van der Waals surface area (Å²) in [7, 11) is 0. The van der Waals surface area contributed by atoms with Gasteiger partial charge >= 0.3 is 5.97 Å². The fourth-order valence-corrected chi connectivity index (χ4v) is 1.19. The molecule has 0 aromatic carbocycles. The maximum Gasteiger partial charge on any atom is 0.303 e. The van der Waals surface area contributed by atoms with Crippen LogP contribution in [0.4, 0.5) is 0 Å². The Kier molecular flexibility index (Phi) is 5.43. The molecule has 0 saturated heterocycles. The molecule has 0 saturated carbocycles. The molecule has 0 atom stereocenters. The molecule has 1 rings (SSSR count). The van der Waals surface area contributed by atoms with Crippen LogP contribution in [0.1, 0.15) is 23.4 Å². The number of nitrogens with one attached hydrogen (secondary N) is 2. The molecule has 0 aliphatic rings. The van der Waals surface area contributed by atoms with Gasteiger partial charge in [0.1, 0.15) is 0 Å². The van der Waals surface area contributed by atoms with Crippen LogP contribution in [0.5, 0.6) is 0 Å². The summed E-state index contributed by atoms with van der Waals surface area (Å²) in [4.78, 5) is 32.8. The summed E-state index contributed by atoms with van der Waals surface area (Å²) in [5, 5.41) is 13.2. The van der Waals surface area contributed by atoms with Crippen molar-refractivity contribution in [1.82, 2.24) is 10.6 Å².